The Labute approximate surface area is 145 Å². The van der Waals surface area contributed by atoms with Gasteiger partial charge in [-0.3, -0.25) is 4.79 Å². The third-order valence-electron chi connectivity index (χ3n) is 4.84. The molecule has 0 bridgehead atoms. The molecular formula is C20H31NO3. The Morgan fingerprint density at radius 1 is 1.21 bits per heavy atom. The molecule has 0 spiro atoms. The average molecular weight is 333 g/mol. The molecule has 2 unspecified atom stereocenters. The van der Waals surface area contributed by atoms with Gasteiger partial charge in [-0.1, -0.05) is 56.0 Å². The predicted octanol–water partition coefficient (Wildman–Crippen LogP) is 3.40. The first-order chi connectivity index (χ1) is 11.7. The lowest BCUT2D eigenvalue weighted by atomic mass is 9.96. The first kappa shape index (κ1) is 18.9. The lowest BCUT2D eigenvalue weighted by molar-refractivity contribution is -0.135. The van der Waals surface area contributed by atoms with Crippen molar-refractivity contribution in [2.75, 3.05) is 13.2 Å². The highest BCUT2D eigenvalue weighted by atomic mass is 16.5. The topological polar surface area (TPSA) is 58.6 Å². The molecule has 0 aromatic heterocycles. The maximum atomic E-state index is 12.3. The fraction of sp³-hybridized carbons (Fsp3) is 0.650. The highest BCUT2D eigenvalue weighted by molar-refractivity contribution is 5.80. The number of hydrogen-bond acceptors (Lipinski definition) is 3. The van der Waals surface area contributed by atoms with Crippen LogP contribution in [0.1, 0.15) is 63.4 Å². The summed E-state index contributed by atoms with van der Waals surface area (Å²) in [6.07, 6.45) is 7.53. The number of aliphatic hydroxyl groups is 1. The van der Waals surface area contributed by atoms with Crippen LogP contribution in [0.4, 0.5) is 0 Å². The van der Waals surface area contributed by atoms with Gasteiger partial charge >= 0.3 is 0 Å². The van der Waals surface area contributed by atoms with Crippen LogP contribution in [-0.4, -0.2) is 36.4 Å². The van der Waals surface area contributed by atoms with E-state index in [0.29, 0.717) is 13.0 Å². The summed E-state index contributed by atoms with van der Waals surface area (Å²) in [5.41, 5.74) is 1.14. The van der Waals surface area contributed by atoms with Crippen molar-refractivity contribution < 1.29 is 14.6 Å². The maximum Gasteiger partial charge on any atom is 0.248 e. The number of carbonyl (C=O) groups excluding carboxylic acids is 1. The van der Waals surface area contributed by atoms with Crippen molar-refractivity contribution in [2.24, 2.45) is 0 Å². The molecule has 2 rings (SSSR count). The van der Waals surface area contributed by atoms with Gasteiger partial charge in [0.05, 0.1) is 6.10 Å². The van der Waals surface area contributed by atoms with Gasteiger partial charge in [0.2, 0.25) is 5.91 Å². The molecule has 0 aliphatic heterocycles. The van der Waals surface area contributed by atoms with Crippen LogP contribution >= 0.6 is 0 Å². The quantitative estimate of drug-likeness (QED) is 0.717. The SMILES string of the molecule is CC(OC1CCCCCC1)C(=O)NCC(CCO)c1ccccc1. The van der Waals surface area contributed by atoms with Gasteiger partial charge in [-0.2, -0.15) is 0 Å². The molecule has 2 N–H and O–H groups in total. The molecule has 1 fully saturated rings. The van der Waals surface area contributed by atoms with Crippen LogP contribution < -0.4 is 5.32 Å². The van der Waals surface area contributed by atoms with Crippen LogP contribution in [0.3, 0.4) is 0 Å². The Hall–Kier alpha value is -1.39. The molecule has 1 aromatic rings. The minimum Gasteiger partial charge on any atom is -0.396 e. The van der Waals surface area contributed by atoms with Crippen molar-refractivity contribution in [3.8, 4) is 0 Å². The summed E-state index contributed by atoms with van der Waals surface area (Å²) >= 11 is 0. The Morgan fingerprint density at radius 3 is 2.50 bits per heavy atom. The van der Waals surface area contributed by atoms with Crippen LogP contribution in [0, 0.1) is 0 Å². The Morgan fingerprint density at radius 2 is 1.88 bits per heavy atom. The third kappa shape index (κ3) is 6.25. The summed E-state index contributed by atoms with van der Waals surface area (Å²) in [4.78, 5) is 12.3. The number of rotatable bonds is 8. The van der Waals surface area contributed by atoms with Crippen molar-refractivity contribution >= 4 is 5.91 Å². The Balaban J connectivity index is 1.81. The van der Waals surface area contributed by atoms with Gasteiger partial charge in [0.25, 0.3) is 0 Å². The molecule has 1 amide bonds. The maximum absolute atomic E-state index is 12.3. The van der Waals surface area contributed by atoms with E-state index in [0.717, 1.165) is 18.4 Å². The first-order valence-electron chi connectivity index (χ1n) is 9.29. The summed E-state index contributed by atoms with van der Waals surface area (Å²) in [5, 5.41) is 12.3. The van der Waals surface area contributed by atoms with Gasteiger partial charge < -0.3 is 15.2 Å². The van der Waals surface area contributed by atoms with Crippen molar-refractivity contribution in [1.29, 1.82) is 0 Å². The lowest BCUT2D eigenvalue weighted by Crippen LogP contribution is -2.38. The van der Waals surface area contributed by atoms with Crippen LogP contribution in [0.2, 0.25) is 0 Å². The minimum atomic E-state index is -0.418. The van der Waals surface area contributed by atoms with Gasteiger partial charge in [0, 0.05) is 19.1 Å². The number of aliphatic hydroxyl groups excluding tert-OH is 1. The second-order valence-corrected chi connectivity index (χ2v) is 6.76. The van der Waals surface area contributed by atoms with Crippen LogP contribution in [0.5, 0.6) is 0 Å². The molecule has 1 aliphatic rings. The van der Waals surface area contributed by atoms with Gasteiger partial charge in [-0.25, -0.2) is 0 Å². The molecule has 2 atom stereocenters. The van der Waals surface area contributed by atoms with E-state index in [9.17, 15) is 9.90 Å². The number of hydrogen-bond donors (Lipinski definition) is 2. The van der Waals surface area contributed by atoms with Gasteiger partial charge in [-0.15, -0.1) is 0 Å². The van der Waals surface area contributed by atoms with E-state index in [1.165, 1.54) is 25.7 Å². The zero-order valence-electron chi connectivity index (χ0n) is 14.7. The van der Waals surface area contributed by atoms with E-state index in [4.69, 9.17) is 4.74 Å². The highest BCUT2D eigenvalue weighted by Crippen LogP contribution is 2.21. The second kappa shape index (κ2) is 10.5. The van der Waals surface area contributed by atoms with E-state index in [1.54, 1.807) is 0 Å². The van der Waals surface area contributed by atoms with Crippen molar-refractivity contribution in [3.63, 3.8) is 0 Å². The fourth-order valence-electron chi connectivity index (χ4n) is 3.36. The molecule has 0 heterocycles. The summed E-state index contributed by atoms with van der Waals surface area (Å²) in [6.45, 7) is 2.48. The third-order valence-corrected chi connectivity index (χ3v) is 4.84. The zero-order chi connectivity index (χ0) is 17.2. The Kier molecular flexibility index (Phi) is 8.26. The summed E-state index contributed by atoms with van der Waals surface area (Å²) in [5.74, 6) is 0.0725. The van der Waals surface area contributed by atoms with Gasteiger partial charge in [-0.05, 0) is 31.7 Å². The molecule has 1 aliphatic carbocycles. The van der Waals surface area contributed by atoms with E-state index < -0.39 is 6.10 Å². The molecular weight excluding hydrogens is 302 g/mol. The largest absolute Gasteiger partial charge is 0.396 e. The molecule has 0 saturated heterocycles. The summed E-state index contributed by atoms with van der Waals surface area (Å²) in [6, 6.07) is 10.0. The standard InChI is InChI=1S/C20H31NO3/c1-16(24-19-11-7-2-3-8-12-19)20(23)21-15-18(13-14-22)17-9-5-4-6-10-17/h4-6,9-10,16,18-19,22H,2-3,7-8,11-15H2,1H3,(H,21,23). The number of ether oxygens (including phenoxy) is 1. The fourth-order valence-corrected chi connectivity index (χ4v) is 3.36. The average Bonchev–Trinajstić information content (AvgIpc) is 2.87. The molecule has 4 nitrogen and oxygen atoms in total. The minimum absolute atomic E-state index is 0.0573. The first-order valence-corrected chi connectivity index (χ1v) is 9.29. The number of benzene rings is 1. The van der Waals surface area contributed by atoms with Crippen LogP contribution in [0.25, 0.3) is 0 Å². The van der Waals surface area contributed by atoms with Crippen molar-refractivity contribution in [1.82, 2.24) is 5.32 Å². The number of carbonyl (C=O) groups is 1. The van der Waals surface area contributed by atoms with E-state index in [-0.39, 0.29) is 24.5 Å². The van der Waals surface area contributed by atoms with Gasteiger partial charge in [0.15, 0.2) is 0 Å². The molecule has 24 heavy (non-hydrogen) atoms. The Bertz CT molecular complexity index is 469. The second-order valence-electron chi connectivity index (χ2n) is 6.76. The van der Waals surface area contributed by atoms with E-state index >= 15 is 0 Å². The summed E-state index contributed by atoms with van der Waals surface area (Å²) < 4.78 is 5.97. The molecule has 134 valence electrons. The van der Waals surface area contributed by atoms with Crippen molar-refractivity contribution in [2.45, 2.75) is 70.0 Å². The molecule has 4 heteroatoms. The predicted molar refractivity (Wildman–Crippen MR) is 95.9 cm³/mol. The number of amides is 1. The summed E-state index contributed by atoms with van der Waals surface area (Å²) in [7, 11) is 0. The smallest absolute Gasteiger partial charge is 0.248 e. The lowest BCUT2D eigenvalue weighted by Gasteiger charge is -2.22. The van der Waals surface area contributed by atoms with Crippen LogP contribution in [-0.2, 0) is 9.53 Å². The highest BCUT2D eigenvalue weighted by Gasteiger charge is 2.21. The van der Waals surface area contributed by atoms with E-state index in [2.05, 4.69) is 5.32 Å². The molecule has 1 aromatic carbocycles. The monoisotopic (exact) mass is 333 g/mol. The zero-order valence-corrected chi connectivity index (χ0v) is 14.7. The number of nitrogens with one attached hydrogen (secondary N) is 1. The molecule has 1 saturated carbocycles. The van der Waals surface area contributed by atoms with Gasteiger partial charge in [0.1, 0.15) is 6.10 Å². The molecule has 0 radical (unpaired) electrons. The van der Waals surface area contributed by atoms with Crippen molar-refractivity contribution in [3.05, 3.63) is 35.9 Å². The van der Waals surface area contributed by atoms with E-state index in [1.807, 2.05) is 37.3 Å². The van der Waals surface area contributed by atoms with Crippen LogP contribution in [0.15, 0.2) is 30.3 Å². The normalized spacial score (nSPS) is 18.6.